The number of imidazole rings is 1. The van der Waals surface area contributed by atoms with Crippen LogP contribution in [-0.4, -0.2) is 27.4 Å². The fraction of sp³-hybridized carbons (Fsp3) is 0.333. The summed E-state index contributed by atoms with van der Waals surface area (Å²) in [5.41, 5.74) is 0.414. The molecule has 1 amide bonds. The Morgan fingerprint density at radius 1 is 1.58 bits per heavy atom. The number of carbonyl (C=O) groups is 1. The Morgan fingerprint density at radius 3 is 2.89 bits per heavy atom. The largest absolute Gasteiger partial charge is 0.469 e. The first-order chi connectivity index (χ1) is 9.00. The highest BCUT2D eigenvalue weighted by Crippen LogP contribution is 2.16. The number of amides is 1. The van der Waals surface area contributed by atoms with Gasteiger partial charge in [-0.3, -0.25) is 9.36 Å². The number of aryl methyl sites for hydroxylation is 1. The van der Waals surface area contributed by atoms with E-state index in [2.05, 4.69) is 4.98 Å². The minimum atomic E-state index is -2.67. The Balaban J connectivity index is 2.13. The molecule has 2 rings (SSSR count). The molecule has 19 heavy (non-hydrogen) atoms. The van der Waals surface area contributed by atoms with E-state index in [9.17, 15) is 13.6 Å². The molecule has 0 unspecified atom stereocenters. The molecule has 0 saturated carbocycles. The standard InChI is InChI=1S/C12H13F2N3O2/c1-8-9(3-6-19-8)11(18)16(2)7-10-15-4-5-17(10)12(13)14/h3-6,12H,7H2,1-2H3. The van der Waals surface area contributed by atoms with Gasteiger partial charge in [-0.15, -0.1) is 0 Å². The molecule has 0 spiro atoms. The van der Waals surface area contributed by atoms with Crippen LogP contribution in [0.2, 0.25) is 0 Å². The van der Waals surface area contributed by atoms with E-state index in [1.54, 1.807) is 13.0 Å². The highest BCUT2D eigenvalue weighted by atomic mass is 19.3. The molecular formula is C12H13F2N3O2. The summed E-state index contributed by atoms with van der Waals surface area (Å²) in [6, 6.07) is 1.55. The van der Waals surface area contributed by atoms with Gasteiger partial charge in [-0.25, -0.2) is 4.98 Å². The second-order valence-electron chi connectivity index (χ2n) is 4.08. The van der Waals surface area contributed by atoms with Crippen molar-refractivity contribution in [2.24, 2.45) is 0 Å². The lowest BCUT2D eigenvalue weighted by atomic mass is 10.2. The number of hydrogen-bond donors (Lipinski definition) is 0. The van der Waals surface area contributed by atoms with Gasteiger partial charge in [-0.05, 0) is 13.0 Å². The van der Waals surface area contributed by atoms with Crippen molar-refractivity contribution in [1.82, 2.24) is 14.5 Å². The Bertz CT molecular complexity index is 577. The molecule has 0 aliphatic heterocycles. The molecule has 0 fully saturated rings. The lowest BCUT2D eigenvalue weighted by Gasteiger charge is -2.17. The molecule has 2 heterocycles. The number of aromatic nitrogens is 2. The molecule has 0 bridgehead atoms. The third kappa shape index (κ3) is 2.64. The van der Waals surface area contributed by atoms with E-state index >= 15 is 0 Å². The summed E-state index contributed by atoms with van der Waals surface area (Å²) in [5, 5.41) is 0. The summed E-state index contributed by atoms with van der Waals surface area (Å²) in [6.07, 6.45) is 3.88. The smallest absolute Gasteiger partial charge is 0.319 e. The average molecular weight is 269 g/mol. The van der Waals surface area contributed by atoms with Gasteiger partial charge in [0.2, 0.25) is 0 Å². The summed E-state index contributed by atoms with van der Waals surface area (Å²) in [6.45, 7) is -1.00. The van der Waals surface area contributed by atoms with Crippen LogP contribution in [0.3, 0.4) is 0 Å². The Kier molecular flexibility index (Phi) is 3.64. The SMILES string of the molecule is Cc1occc1C(=O)N(C)Cc1nccn1C(F)F. The number of alkyl halides is 2. The normalized spacial score (nSPS) is 11.0. The van der Waals surface area contributed by atoms with Crippen LogP contribution in [0.25, 0.3) is 0 Å². The van der Waals surface area contributed by atoms with Crippen LogP contribution in [-0.2, 0) is 6.54 Å². The second kappa shape index (κ2) is 5.21. The molecule has 0 aliphatic carbocycles. The number of carbonyl (C=O) groups excluding carboxylic acids is 1. The molecule has 0 aliphatic rings. The fourth-order valence-electron chi connectivity index (χ4n) is 1.74. The van der Waals surface area contributed by atoms with Crippen molar-refractivity contribution in [3.05, 3.63) is 41.9 Å². The first-order valence-electron chi connectivity index (χ1n) is 5.60. The molecule has 0 atom stereocenters. The zero-order chi connectivity index (χ0) is 14.0. The topological polar surface area (TPSA) is 51.3 Å². The summed E-state index contributed by atoms with van der Waals surface area (Å²) in [4.78, 5) is 17.2. The van der Waals surface area contributed by atoms with Crippen LogP contribution < -0.4 is 0 Å². The van der Waals surface area contributed by atoms with Gasteiger partial charge in [-0.1, -0.05) is 0 Å². The summed E-state index contributed by atoms with van der Waals surface area (Å²) in [5.74, 6) is 0.330. The van der Waals surface area contributed by atoms with Gasteiger partial charge < -0.3 is 9.32 Å². The van der Waals surface area contributed by atoms with Gasteiger partial charge >= 0.3 is 6.55 Å². The van der Waals surface area contributed by atoms with Gasteiger partial charge in [0.05, 0.1) is 18.4 Å². The lowest BCUT2D eigenvalue weighted by Crippen LogP contribution is -2.28. The molecule has 0 N–H and O–H groups in total. The van der Waals surface area contributed by atoms with Crippen LogP contribution in [0.1, 0.15) is 28.5 Å². The van der Waals surface area contributed by atoms with Crippen molar-refractivity contribution in [2.75, 3.05) is 7.05 Å². The lowest BCUT2D eigenvalue weighted by molar-refractivity contribution is 0.0612. The summed E-state index contributed by atoms with van der Waals surface area (Å²) < 4.78 is 31.1. The monoisotopic (exact) mass is 269 g/mol. The molecule has 102 valence electrons. The summed E-state index contributed by atoms with van der Waals surface area (Å²) in [7, 11) is 1.53. The van der Waals surface area contributed by atoms with Crippen LogP contribution in [0.5, 0.6) is 0 Å². The van der Waals surface area contributed by atoms with E-state index < -0.39 is 6.55 Å². The van der Waals surface area contributed by atoms with Crippen LogP contribution in [0.4, 0.5) is 8.78 Å². The number of halogens is 2. The molecule has 7 heteroatoms. The molecule has 2 aromatic heterocycles. The Morgan fingerprint density at radius 2 is 2.32 bits per heavy atom. The van der Waals surface area contributed by atoms with E-state index in [1.165, 1.54) is 30.6 Å². The van der Waals surface area contributed by atoms with Crippen molar-refractivity contribution in [3.63, 3.8) is 0 Å². The van der Waals surface area contributed by atoms with Crippen molar-refractivity contribution < 1.29 is 18.0 Å². The quantitative estimate of drug-likeness (QED) is 0.856. The third-order valence-corrected chi connectivity index (χ3v) is 2.77. The Hall–Kier alpha value is -2.18. The van der Waals surface area contributed by atoms with E-state index in [0.29, 0.717) is 11.3 Å². The zero-order valence-corrected chi connectivity index (χ0v) is 10.5. The van der Waals surface area contributed by atoms with Gasteiger partial charge in [0.1, 0.15) is 11.6 Å². The minimum absolute atomic E-state index is 0.000787. The molecule has 0 aromatic carbocycles. The van der Waals surface area contributed by atoms with Crippen molar-refractivity contribution in [3.8, 4) is 0 Å². The van der Waals surface area contributed by atoms with Gasteiger partial charge in [0, 0.05) is 19.4 Å². The molecule has 2 aromatic rings. The molecule has 0 saturated heterocycles. The van der Waals surface area contributed by atoms with E-state index in [-0.39, 0.29) is 18.3 Å². The van der Waals surface area contributed by atoms with E-state index in [0.717, 1.165) is 4.57 Å². The highest BCUT2D eigenvalue weighted by Gasteiger charge is 2.19. The number of nitrogens with zero attached hydrogens (tertiary/aromatic N) is 3. The number of rotatable bonds is 4. The Labute approximate surface area is 108 Å². The highest BCUT2D eigenvalue weighted by molar-refractivity contribution is 5.94. The molecule has 0 radical (unpaired) electrons. The van der Waals surface area contributed by atoms with Gasteiger partial charge in [0.25, 0.3) is 5.91 Å². The molecular weight excluding hydrogens is 256 g/mol. The third-order valence-electron chi connectivity index (χ3n) is 2.77. The van der Waals surface area contributed by atoms with Gasteiger partial charge in [-0.2, -0.15) is 8.78 Å². The fourth-order valence-corrected chi connectivity index (χ4v) is 1.74. The predicted octanol–water partition coefficient (Wildman–Crippen LogP) is 2.45. The minimum Gasteiger partial charge on any atom is -0.469 e. The zero-order valence-electron chi connectivity index (χ0n) is 10.5. The van der Waals surface area contributed by atoms with E-state index in [4.69, 9.17) is 4.42 Å². The van der Waals surface area contributed by atoms with Crippen molar-refractivity contribution in [1.29, 1.82) is 0 Å². The van der Waals surface area contributed by atoms with Crippen LogP contribution in [0.15, 0.2) is 29.1 Å². The predicted molar refractivity (Wildman–Crippen MR) is 62.7 cm³/mol. The van der Waals surface area contributed by atoms with Crippen molar-refractivity contribution in [2.45, 2.75) is 20.0 Å². The van der Waals surface area contributed by atoms with Crippen LogP contribution in [0, 0.1) is 6.92 Å². The van der Waals surface area contributed by atoms with Crippen LogP contribution >= 0.6 is 0 Å². The average Bonchev–Trinajstić information content (AvgIpc) is 2.96. The van der Waals surface area contributed by atoms with E-state index in [1.807, 2.05) is 0 Å². The maximum atomic E-state index is 12.7. The van der Waals surface area contributed by atoms with Gasteiger partial charge in [0.15, 0.2) is 0 Å². The molecule has 5 nitrogen and oxygen atoms in total. The first kappa shape index (κ1) is 13.3. The maximum absolute atomic E-state index is 12.7. The first-order valence-corrected chi connectivity index (χ1v) is 5.60. The maximum Gasteiger partial charge on any atom is 0.319 e. The number of hydrogen-bond acceptors (Lipinski definition) is 3. The summed E-state index contributed by atoms with van der Waals surface area (Å²) >= 11 is 0. The van der Waals surface area contributed by atoms with Crippen molar-refractivity contribution >= 4 is 5.91 Å². The second-order valence-corrected chi connectivity index (χ2v) is 4.08. The number of furan rings is 1.